The van der Waals surface area contributed by atoms with E-state index in [0.29, 0.717) is 29.2 Å². The Morgan fingerprint density at radius 3 is 1.24 bits per heavy atom. The van der Waals surface area contributed by atoms with E-state index in [1.54, 1.807) is 44.2 Å². The number of aromatic amines is 2. The number of anilines is 2. The monoisotopic (exact) mass is 1490 g/mol. The zero-order valence-electron chi connectivity index (χ0n) is 60.1. The molecule has 8 fully saturated rings. The Morgan fingerprint density at radius 1 is 0.509 bits per heavy atom. The number of aromatic nitrogens is 10. The molecule has 5 saturated heterocycles. The minimum absolute atomic E-state index is 0.0239. The molecule has 10 heterocycles. The zero-order valence-corrected chi connectivity index (χ0v) is 60.1. The highest BCUT2D eigenvalue weighted by molar-refractivity contribution is 5.95. The lowest BCUT2D eigenvalue weighted by Gasteiger charge is -2.32. The second-order valence-electron chi connectivity index (χ2n) is 28.4. The van der Waals surface area contributed by atoms with Crippen LogP contribution in [-0.4, -0.2) is 135 Å². The largest absolute Gasteiger partial charge is 0.393 e. The average molecular weight is 1490 g/mol. The number of aliphatic hydroxyl groups is 2. The fraction of sp³-hybridized carbons (Fsp3) is 0.575. The number of ether oxygens (including phenoxy) is 5. The van der Waals surface area contributed by atoms with Gasteiger partial charge in [-0.1, -0.05) is 85.7 Å². The van der Waals surface area contributed by atoms with Crippen LogP contribution in [0, 0.1) is 41.4 Å². The molecular formula is C73H93F5N12O16. The van der Waals surface area contributed by atoms with Crippen molar-refractivity contribution in [1.82, 2.24) is 47.3 Å². The summed E-state index contributed by atoms with van der Waals surface area (Å²) in [4.78, 5) is 118. The van der Waals surface area contributed by atoms with Crippen molar-refractivity contribution in [2.75, 3.05) is 18.1 Å². The summed E-state index contributed by atoms with van der Waals surface area (Å²) in [5.74, 6) is -1.37. The van der Waals surface area contributed by atoms with Crippen LogP contribution in [0.1, 0.15) is 161 Å². The van der Waals surface area contributed by atoms with Gasteiger partial charge in [-0.25, -0.2) is 45.9 Å². The molecule has 5 aliphatic heterocycles. The van der Waals surface area contributed by atoms with Gasteiger partial charge in [0.25, 0.3) is 22.6 Å². The SMILES string of the molecule is C=C[C@]1(CC)O[C@@H](n2ccc(=O)[nH]c2=O)[C@H](F)[C@@H]1C.C=C[C@]1(CC)O[C@@H](n2ccc(=O)n(C(=O)c3ccccc3)c2=O)[C@H](F)[C@@H]1C.CC[C@@]1(C2CC2)O[C@@H](n2ccc(=O)[nH]c2=O)[C@H](F)[C@@H]1C.CC[C@@]1(C2CC2)O[C@@H](n2ccc(N)nc2=O)[C@H](F)[C@@H]1C.Nc1ccn([C@@H]2O[C@@](CO)(C3CC3)[C@@H](O)[C@H]2F)c(=O)n1. The third-order valence-corrected chi connectivity index (χ3v) is 22.8. The number of aliphatic hydroxyl groups excluding tert-OH is 2. The molecule has 0 unspecified atom stereocenters. The van der Waals surface area contributed by atoms with Crippen molar-refractivity contribution >= 4 is 17.5 Å². The number of halogens is 5. The lowest BCUT2D eigenvalue weighted by Crippen LogP contribution is -2.47. The number of nitrogens with two attached hydrogens (primary N) is 2. The molecule has 14 rings (SSSR count). The number of nitrogens with zero attached hydrogens (tertiary/aromatic N) is 8. The fourth-order valence-electron chi connectivity index (χ4n) is 15.8. The zero-order chi connectivity index (χ0) is 77.4. The molecule has 106 heavy (non-hydrogen) atoms. The summed E-state index contributed by atoms with van der Waals surface area (Å²) in [5.41, 5.74) is 1.68. The van der Waals surface area contributed by atoms with E-state index in [1.807, 2.05) is 41.5 Å². The minimum Gasteiger partial charge on any atom is -0.393 e. The maximum absolute atomic E-state index is 15.0. The maximum atomic E-state index is 15.0. The van der Waals surface area contributed by atoms with Gasteiger partial charge in [-0.05, 0) is 106 Å². The number of nitrogen functional groups attached to an aromatic ring is 2. The normalized spacial score (nSPS) is 34.2. The molecule has 20 atom stereocenters. The van der Waals surface area contributed by atoms with Crippen LogP contribution in [0.25, 0.3) is 0 Å². The predicted molar refractivity (Wildman–Crippen MR) is 378 cm³/mol. The van der Waals surface area contributed by atoms with Gasteiger partial charge in [0.15, 0.2) is 62.0 Å². The molecule has 3 aliphatic carbocycles. The minimum atomic E-state index is -1.81. The predicted octanol–water partition coefficient (Wildman–Crippen LogP) is 6.59. The Balaban J connectivity index is 0.000000143. The number of rotatable bonds is 16. The van der Waals surface area contributed by atoms with Crippen LogP contribution < -0.4 is 56.6 Å². The van der Waals surface area contributed by atoms with Gasteiger partial charge < -0.3 is 45.4 Å². The van der Waals surface area contributed by atoms with Gasteiger partial charge in [0.2, 0.25) is 0 Å². The van der Waals surface area contributed by atoms with Gasteiger partial charge in [-0.3, -0.25) is 52.0 Å². The number of carbonyl (C=O) groups is 1. The summed E-state index contributed by atoms with van der Waals surface area (Å²) in [6.45, 7) is 21.8. The molecule has 6 aromatic rings. The highest BCUT2D eigenvalue weighted by atomic mass is 19.2. The number of nitrogens with one attached hydrogen (secondary N) is 2. The van der Waals surface area contributed by atoms with Gasteiger partial charge in [-0.2, -0.15) is 14.5 Å². The fourth-order valence-corrected chi connectivity index (χ4v) is 15.8. The first kappa shape index (κ1) is 79.7. The van der Waals surface area contributed by atoms with E-state index in [4.69, 9.17) is 35.2 Å². The number of carbonyl (C=O) groups excluding carboxylic acids is 1. The smallest absolute Gasteiger partial charge is 0.351 e. The van der Waals surface area contributed by atoms with Gasteiger partial charge >= 0.3 is 28.4 Å². The Kier molecular flexibility index (Phi) is 23.7. The first-order chi connectivity index (χ1) is 50.3. The molecule has 28 nitrogen and oxygen atoms in total. The van der Waals surface area contributed by atoms with Crippen molar-refractivity contribution in [3.63, 3.8) is 0 Å². The highest BCUT2D eigenvalue weighted by Gasteiger charge is 2.64. The second kappa shape index (κ2) is 31.5. The van der Waals surface area contributed by atoms with Crippen LogP contribution in [0.3, 0.4) is 0 Å². The number of hydrogen-bond donors (Lipinski definition) is 6. The van der Waals surface area contributed by atoms with Gasteiger partial charge in [0.1, 0.15) is 23.3 Å². The molecule has 0 amide bonds. The van der Waals surface area contributed by atoms with Crippen LogP contribution in [0.2, 0.25) is 0 Å². The number of H-pyrrole nitrogens is 2. The maximum Gasteiger partial charge on any atom is 0.351 e. The Bertz CT molecular complexity index is 4570. The van der Waals surface area contributed by atoms with Crippen molar-refractivity contribution in [3.05, 3.63) is 206 Å². The average Bonchev–Trinajstić information content (AvgIpc) is 1.59. The number of benzene rings is 1. The third kappa shape index (κ3) is 14.7. The summed E-state index contributed by atoms with van der Waals surface area (Å²) in [7, 11) is 0. The van der Waals surface area contributed by atoms with Crippen molar-refractivity contribution < 1.29 is 60.6 Å². The molecule has 8 N–H and O–H groups in total. The number of alkyl halides is 5. The Hall–Kier alpha value is -8.86. The van der Waals surface area contributed by atoms with Crippen LogP contribution in [0.5, 0.6) is 0 Å². The highest BCUT2D eigenvalue weighted by Crippen LogP contribution is 2.58. The number of hydrogen-bond acceptors (Lipinski definition) is 20. The summed E-state index contributed by atoms with van der Waals surface area (Å²) < 4.78 is 108. The van der Waals surface area contributed by atoms with Crippen molar-refractivity contribution in [2.24, 2.45) is 41.4 Å². The summed E-state index contributed by atoms with van der Waals surface area (Å²) in [6, 6.07) is 14.2. The van der Waals surface area contributed by atoms with E-state index in [1.165, 1.54) is 65.8 Å². The van der Waals surface area contributed by atoms with Gasteiger partial charge in [0.05, 0.1) is 29.0 Å². The summed E-state index contributed by atoms with van der Waals surface area (Å²) >= 11 is 0. The van der Waals surface area contributed by atoms with Crippen LogP contribution >= 0.6 is 0 Å². The van der Waals surface area contributed by atoms with E-state index in [0.717, 1.165) is 81.9 Å². The molecule has 1 aromatic carbocycles. The first-order valence-electron chi connectivity index (χ1n) is 35.7. The van der Waals surface area contributed by atoms with E-state index < -0.39 is 166 Å². The first-order valence-corrected chi connectivity index (χ1v) is 35.7. The second-order valence-corrected chi connectivity index (χ2v) is 28.4. The molecule has 8 aliphatic rings. The Morgan fingerprint density at radius 2 is 0.868 bits per heavy atom. The quantitative estimate of drug-likeness (QED) is 0.0439. The van der Waals surface area contributed by atoms with Crippen molar-refractivity contribution in [3.8, 4) is 0 Å². The lowest BCUT2D eigenvalue weighted by atomic mass is 9.81. The topological polar surface area (TPSA) is 379 Å². The van der Waals surface area contributed by atoms with Crippen LogP contribution in [0.15, 0.2) is 155 Å². The van der Waals surface area contributed by atoms with Crippen molar-refractivity contribution in [1.29, 1.82) is 0 Å². The van der Waals surface area contributed by atoms with E-state index in [9.17, 15) is 75.3 Å². The molecule has 0 spiro atoms. The standard InChI is InChI=1S/C20H21FN2O4.C14H20FN3O2.C14H19FN2O3.C13H17FN2O3.C12H16FN3O4/c1-4-20(5-2)13(3)16(21)18(27-20)22-12-11-15(24)23(19(22)26)17(25)14-9-7-6-8-10-14;1-3-14(9-4-5-9)8(2)11(15)12(20-14)18-7-6-10(16)17-13(18)19;1-3-14(9-4-5-9)8(2)11(15)12(20-14)17-7-6-10(18)16-13(17)19;1-4-13(5-2)8(3)10(14)11(19-13)16-7-6-9(17)15-12(16)18;13-8-9(18)12(5-17,6-1-2-6)20-10(8)16-4-3-7(14)15-11(16)19/h4,6-13,16,18H,1,5H2,2-3H3;6-9,11-12H,3-5H2,1-2H3,(H2,16,17,19);6-9,11-12H,3-5H2,1-2H3,(H,16,18,19);4,6-8,10-11H,1,5H2,2-3H3,(H,15,17,18);3-4,6,8-10,17-18H,1-2,5H2,(H2,14,15,19)/t13-,16+,18+,20+;2*8-,11+,12+,14+;8-,10+,11+,13+;8-,9+,10-,12+/m00001/s1. The molecule has 0 radical (unpaired) electrons. The molecular weight excluding hydrogens is 1400 g/mol. The van der Waals surface area contributed by atoms with Gasteiger partial charge in [-0.15, -0.1) is 13.2 Å². The Labute approximate surface area is 604 Å². The summed E-state index contributed by atoms with van der Waals surface area (Å²) in [5, 5.41) is 19.6. The molecule has 5 aromatic heterocycles. The molecule has 33 heteroatoms. The van der Waals surface area contributed by atoms with E-state index in [-0.39, 0.29) is 35.0 Å². The van der Waals surface area contributed by atoms with Crippen LogP contribution in [0.4, 0.5) is 33.6 Å². The molecule has 3 saturated carbocycles. The van der Waals surface area contributed by atoms with Crippen molar-refractivity contribution in [2.45, 2.75) is 216 Å². The summed E-state index contributed by atoms with van der Waals surface area (Å²) in [6.07, 6.45) is 3.84. The lowest BCUT2D eigenvalue weighted by molar-refractivity contribution is -0.141. The third-order valence-electron chi connectivity index (χ3n) is 22.8. The molecule has 0 bridgehead atoms. The molecule has 576 valence electrons. The van der Waals surface area contributed by atoms with Gasteiger partial charge in [0, 0.05) is 78.4 Å². The van der Waals surface area contributed by atoms with E-state index >= 15 is 0 Å². The van der Waals surface area contributed by atoms with E-state index in [2.05, 4.69) is 33.1 Å². The van der Waals surface area contributed by atoms with Crippen LogP contribution in [-0.2, 0) is 23.7 Å².